The predicted octanol–water partition coefficient (Wildman–Crippen LogP) is 20.7. The highest BCUT2D eigenvalue weighted by Crippen LogP contribution is 2.31. The summed E-state index contributed by atoms with van der Waals surface area (Å²) in [6.07, 6.45) is 0. The van der Waals surface area contributed by atoms with Crippen LogP contribution in [0.5, 0.6) is 0 Å². The van der Waals surface area contributed by atoms with Crippen molar-refractivity contribution in [3.8, 4) is 0 Å². The first-order chi connectivity index (χ1) is 30.3. The average molecular weight is 857 g/mol. The van der Waals surface area contributed by atoms with Crippen molar-refractivity contribution in [3.63, 3.8) is 0 Å². The van der Waals surface area contributed by atoms with Gasteiger partial charge in [0.1, 0.15) is 0 Å². The van der Waals surface area contributed by atoms with Gasteiger partial charge in [0.05, 0.1) is 0 Å². The molecule has 0 spiro atoms. The molecule has 0 N–H and O–H groups in total. The van der Waals surface area contributed by atoms with Gasteiger partial charge in [0.25, 0.3) is 0 Å². The summed E-state index contributed by atoms with van der Waals surface area (Å²) in [6.45, 7) is 43.0. The van der Waals surface area contributed by atoms with Gasteiger partial charge in [-0.25, -0.2) is 0 Å². The van der Waals surface area contributed by atoms with E-state index in [2.05, 4.69) is 253 Å². The summed E-state index contributed by atoms with van der Waals surface area (Å²) in [5, 5.41) is 10.7. The van der Waals surface area contributed by atoms with E-state index >= 15 is 0 Å². The monoisotopic (exact) mass is 857 g/mol. The third-order valence-electron chi connectivity index (χ3n) is 10.4. The zero-order chi connectivity index (χ0) is 48.7. The summed E-state index contributed by atoms with van der Waals surface area (Å²) in [5.41, 5.74) is 6.58. The lowest BCUT2D eigenvalue weighted by Gasteiger charge is -2.21. The molecule has 0 bridgehead atoms. The quantitative estimate of drug-likeness (QED) is 0.143. The molecule has 0 amide bonds. The van der Waals surface area contributed by atoms with Crippen LogP contribution in [0.15, 0.2) is 170 Å². The topological polar surface area (TPSA) is 0 Å². The van der Waals surface area contributed by atoms with Gasteiger partial charge in [0.15, 0.2) is 0 Å². The summed E-state index contributed by atoms with van der Waals surface area (Å²) in [7, 11) is 0. The van der Waals surface area contributed by atoms with Crippen LogP contribution >= 0.6 is 0 Å². The minimum Gasteiger partial charge on any atom is -0.0683 e. The zero-order valence-corrected chi connectivity index (χ0v) is 44.2. The van der Waals surface area contributed by atoms with Crippen molar-refractivity contribution < 1.29 is 0 Å². The maximum atomic E-state index is 2.29. The second-order valence-corrected chi connectivity index (χ2v) is 19.2. The Balaban J connectivity index is 0.000000405. The zero-order valence-electron chi connectivity index (χ0n) is 44.2. The van der Waals surface area contributed by atoms with Crippen LogP contribution in [-0.2, 0) is 21.7 Å². The molecule has 0 fully saturated rings. The van der Waals surface area contributed by atoms with Gasteiger partial charge in [-0.3, -0.25) is 0 Å². The standard InChI is InChI=1S/4C14H16.4C2H6/c2*1-14(2,3)13-10-6-8-11-7-4-5-9-12(11)13;2*1-14(2,3)13-9-8-11-6-4-5-7-12(11)10-13;4*1-2/h4*4-10H,1-3H3;4*1-2H3. The second kappa shape index (κ2) is 27.2. The third kappa shape index (κ3) is 17.4. The molecule has 0 nitrogen and oxygen atoms in total. The Hall–Kier alpha value is -5.20. The van der Waals surface area contributed by atoms with Crippen LogP contribution in [0.25, 0.3) is 43.1 Å². The van der Waals surface area contributed by atoms with Crippen LogP contribution in [0.3, 0.4) is 0 Å². The van der Waals surface area contributed by atoms with E-state index in [9.17, 15) is 0 Å². The first kappa shape index (κ1) is 56.8. The summed E-state index contributed by atoms with van der Waals surface area (Å²) in [4.78, 5) is 0. The third-order valence-corrected chi connectivity index (χ3v) is 10.4. The molecule has 0 unspecified atom stereocenters. The summed E-state index contributed by atoms with van der Waals surface area (Å²) < 4.78 is 0. The van der Waals surface area contributed by atoms with Crippen LogP contribution < -0.4 is 0 Å². The van der Waals surface area contributed by atoms with Crippen molar-refractivity contribution in [1.82, 2.24) is 0 Å². The van der Waals surface area contributed by atoms with Crippen molar-refractivity contribution >= 4 is 43.1 Å². The van der Waals surface area contributed by atoms with Gasteiger partial charge < -0.3 is 0 Å². The van der Waals surface area contributed by atoms with Gasteiger partial charge >= 0.3 is 0 Å². The molecule has 0 saturated carbocycles. The molecule has 0 aromatic heterocycles. The molecule has 8 aromatic rings. The molecule has 0 atom stereocenters. The van der Waals surface area contributed by atoms with E-state index in [4.69, 9.17) is 0 Å². The highest BCUT2D eigenvalue weighted by atomic mass is 14.2. The van der Waals surface area contributed by atoms with E-state index in [1.54, 1.807) is 0 Å². The molecule has 0 aliphatic rings. The van der Waals surface area contributed by atoms with Crippen molar-refractivity contribution in [3.05, 3.63) is 192 Å². The number of fused-ring (bicyclic) bond motifs is 4. The number of benzene rings is 8. The fourth-order valence-corrected chi connectivity index (χ4v) is 7.07. The van der Waals surface area contributed by atoms with Crippen molar-refractivity contribution in [2.45, 2.75) is 160 Å². The lowest BCUT2D eigenvalue weighted by molar-refractivity contribution is 0.591. The highest BCUT2D eigenvalue weighted by molar-refractivity contribution is 5.88. The SMILES string of the molecule is CC.CC.CC.CC.CC(C)(C)c1ccc2ccccc2c1.CC(C)(C)c1ccc2ccccc2c1.CC(C)(C)c1cccc2ccccc12.CC(C)(C)c1cccc2ccccc12. The Labute approximate surface area is 393 Å². The van der Waals surface area contributed by atoms with Crippen LogP contribution in [-0.4, -0.2) is 0 Å². The Morgan fingerprint density at radius 1 is 0.219 bits per heavy atom. The average Bonchev–Trinajstić information content (AvgIpc) is 3.30. The predicted molar refractivity (Wildman–Crippen MR) is 296 cm³/mol. The second-order valence-electron chi connectivity index (χ2n) is 19.2. The first-order valence-corrected chi connectivity index (χ1v) is 24.3. The van der Waals surface area contributed by atoms with E-state index in [-0.39, 0.29) is 21.7 Å². The molecule has 0 radical (unpaired) electrons. The molecule has 0 heterocycles. The Morgan fingerprint density at radius 3 is 0.750 bits per heavy atom. The minimum absolute atomic E-state index is 0.223. The van der Waals surface area contributed by atoms with Crippen molar-refractivity contribution in [2.24, 2.45) is 0 Å². The lowest BCUT2D eigenvalue weighted by atomic mass is 9.84. The minimum atomic E-state index is 0.223. The molecular weight excluding hydrogens is 769 g/mol. The van der Waals surface area contributed by atoms with Gasteiger partial charge in [0.2, 0.25) is 0 Å². The highest BCUT2D eigenvalue weighted by Gasteiger charge is 2.17. The van der Waals surface area contributed by atoms with Crippen molar-refractivity contribution in [1.29, 1.82) is 0 Å². The largest absolute Gasteiger partial charge is 0.0683 e. The molecule has 64 heavy (non-hydrogen) atoms. The number of rotatable bonds is 0. The summed E-state index contributed by atoms with van der Waals surface area (Å²) >= 11 is 0. The fraction of sp³-hybridized carbons (Fsp3) is 0.375. The summed E-state index contributed by atoms with van der Waals surface area (Å²) in [6, 6.07) is 60.7. The van der Waals surface area contributed by atoms with Gasteiger partial charge in [-0.2, -0.15) is 0 Å². The maximum Gasteiger partial charge on any atom is -0.0126 e. The first-order valence-electron chi connectivity index (χ1n) is 24.3. The van der Waals surface area contributed by atoms with E-state index in [1.807, 2.05) is 55.4 Å². The molecular formula is C64H88. The van der Waals surface area contributed by atoms with E-state index in [1.165, 1.54) is 65.3 Å². The molecule has 8 rings (SSSR count). The smallest absolute Gasteiger partial charge is 0.0126 e. The molecule has 0 aliphatic heterocycles. The molecule has 0 heteroatoms. The number of hydrogen-bond donors (Lipinski definition) is 0. The van der Waals surface area contributed by atoms with Crippen LogP contribution in [0.2, 0.25) is 0 Å². The van der Waals surface area contributed by atoms with Gasteiger partial charge in [-0.1, -0.05) is 308 Å². The Kier molecular flexibility index (Phi) is 24.1. The van der Waals surface area contributed by atoms with Crippen LogP contribution in [0.4, 0.5) is 0 Å². The lowest BCUT2D eigenvalue weighted by Crippen LogP contribution is -2.11. The van der Waals surface area contributed by atoms with Gasteiger partial charge in [0, 0.05) is 0 Å². The van der Waals surface area contributed by atoms with Gasteiger partial charge in [-0.05, 0) is 87.0 Å². The molecule has 8 aromatic carbocycles. The Bertz CT molecular complexity index is 2300. The Morgan fingerprint density at radius 2 is 0.469 bits per heavy atom. The van der Waals surface area contributed by atoms with E-state index < -0.39 is 0 Å². The van der Waals surface area contributed by atoms with Gasteiger partial charge in [-0.15, -0.1) is 0 Å². The maximum absolute atomic E-state index is 2.29. The van der Waals surface area contributed by atoms with Crippen LogP contribution in [0, 0.1) is 0 Å². The molecule has 0 saturated heterocycles. The number of hydrogen-bond acceptors (Lipinski definition) is 0. The molecule has 344 valence electrons. The normalized spacial score (nSPS) is 10.8. The fourth-order valence-electron chi connectivity index (χ4n) is 7.07. The van der Waals surface area contributed by atoms with E-state index in [0.29, 0.717) is 0 Å². The van der Waals surface area contributed by atoms with E-state index in [0.717, 1.165) is 0 Å². The van der Waals surface area contributed by atoms with Crippen molar-refractivity contribution in [2.75, 3.05) is 0 Å². The van der Waals surface area contributed by atoms with Crippen LogP contribution in [0.1, 0.15) is 161 Å². The summed E-state index contributed by atoms with van der Waals surface area (Å²) in [5.74, 6) is 0. The molecule has 0 aliphatic carbocycles.